The number of benzene rings is 2. The molecule has 0 aliphatic carbocycles. The van der Waals surface area contributed by atoms with E-state index in [0.29, 0.717) is 36.8 Å². The maximum absolute atomic E-state index is 12.2. The Bertz CT molecular complexity index is 654. The smallest absolute Gasteiger partial charge is 0.251 e. The monoisotopic (exact) mass is 314 g/mol. The van der Waals surface area contributed by atoms with Crippen LogP contribution in [0.15, 0.2) is 42.5 Å². The number of hydrogen-bond donors (Lipinski definition) is 2. The summed E-state index contributed by atoms with van der Waals surface area (Å²) in [5, 5.41) is 2.89. The van der Waals surface area contributed by atoms with Crippen molar-refractivity contribution < 1.29 is 14.3 Å². The zero-order valence-corrected chi connectivity index (χ0v) is 13.5. The van der Waals surface area contributed by atoms with Gasteiger partial charge in [-0.2, -0.15) is 0 Å². The predicted molar refractivity (Wildman–Crippen MR) is 89.7 cm³/mol. The fourth-order valence-corrected chi connectivity index (χ4v) is 2.18. The van der Waals surface area contributed by atoms with Crippen molar-refractivity contribution in [3.05, 3.63) is 59.2 Å². The molecule has 0 bridgehead atoms. The minimum atomic E-state index is -0.123. The molecule has 0 aliphatic heterocycles. The fourth-order valence-electron chi connectivity index (χ4n) is 2.18. The number of ether oxygens (including phenoxy) is 2. The van der Waals surface area contributed by atoms with E-state index >= 15 is 0 Å². The number of carbonyl (C=O) groups is 1. The van der Waals surface area contributed by atoms with Crippen LogP contribution in [0.2, 0.25) is 0 Å². The molecule has 5 heteroatoms. The molecule has 0 radical (unpaired) electrons. The first-order chi connectivity index (χ1) is 11.2. The average molecular weight is 314 g/mol. The Kier molecular flexibility index (Phi) is 6.00. The van der Waals surface area contributed by atoms with Crippen LogP contribution in [0, 0.1) is 0 Å². The molecule has 0 aromatic heterocycles. The zero-order valence-electron chi connectivity index (χ0n) is 13.5. The van der Waals surface area contributed by atoms with Crippen molar-refractivity contribution >= 4 is 5.91 Å². The van der Waals surface area contributed by atoms with Gasteiger partial charge in [0.05, 0.1) is 13.7 Å². The minimum absolute atomic E-state index is 0.123. The molecule has 0 spiro atoms. The molecule has 0 fully saturated rings. The van der Waals surface area contributed by atoms with Gasteiger partial charge in [-0.25, -0.2) is 0 Å². The molecule has 0 atom stereocenters. The van der Waals surface area contributed by atoms with Gasteiger partial charge in [0.15, 0.2) is 11.5 Å². The van der Waals surface area contributed by atoms with Gasteiger partial charge in [-0.3, -0.25) is 4.79 Å². The van der Waals surface area contributed by atoms with E-state index in [9.17, 15) is 4.79 Å². The molecule has 0 unspecified atom stereocenters. The largest absolute Gasteiger partial charge is 0.493 e. The molecule has 2 aromatic rings. The molecule has 122 valence electrons. The van der Waals surface area contributed by atoms with E-state index in [2.05, 4.69) is 5.32 Å². The maximum Gasteiger partial charge on any atom is 0.251 e. The second-order valence-electron chi connectivity index (χ2n) is 5.00. The van der Waals surface area contributed by atoms with Crippen molar-refractivity contribution in [2.45, 2.75) is 20.0 Å². The first-order valence-corrected chi connectivity index (χ1v) is 7.54. The molecule has 5 nitrogen and oxygen atoms in total. The van der Waals surface area contributed by atoms with E-state index < -0.39 is 0 Å². The third kappa shape index (κ3) is 4.47. The SMILES string of the molecule is CCOc1cc(CNC(=O)c2ccc(CN)cc2)ccc1OC. The lowest BCUT2D eigenvalue weighted by atomic mass is 10.1. The van der Waals surface area contributed by atoms with Crippen LogP contribution in [-0.4, -0.2) is 19.6 Å². The highest BCUT2D eigenvalue weighted by molar-refractivity contribution is 5.94. The summed E-state index contributed by atoms with van der Waals surface area (Å²) in [7, 11) is 1.60. The van der Waals surface area contributed by atoms with Gasteiger partial charge in [-0.1, -0.05) is 18.2 Å². The Labute approximate surface area is 136 Å². The summed E-state index contributed by atoms with van der Waals surface area (Å²) in [6.07, 6.45) is 0. The Hall–Kier alpha value is -2.53. The number of nitrogens with two attached hydrogens (primary N) is 1. The summed E-state index contributed by atoms with van der Waals surface area (Å²) < 4.78 is 10.8. The van der Waals surface area contributed by atoms with Gasteiger partial charge < -0.3 is 20.5 Å². The second-order valence-corrected chi connectivity index (χ2v) is 5.00. The minimum Gasteiger partial charge on any atom is -0.493 e. The van der Waals surface area contributed by atoms with Gasteiger partial charge >= 0.3 is 0 Å². The molecule has 0 saturated heterocycles. The Balaban J connectivity index is 2.01. The summed E-state index contributed by atoms with van der Waals surface area (Å²) in [6.45, 7) is 3.36. The van der Waals surface area contributed by atoms with Gasteiger partial charge in [0.25, 0.3) is 5.91 Å². The van der Waals surface area contributed by atoms with E-state index in [1.54, 1.807) is 19.2 Å². The van der Waals surface area contributed by atoms with E-state index in [4.69, 9.17) is 15.2 Å². The lowest BCUT2D eigenvalue weighted by Crippen LogP contribution is -2.22. The molecule has 0 aliphatic rings. The molecule has 0 heterocycles. The quantitative estimate of drug-likeness (QED) is 0.823. The standard InChI is InChI=1S/C18H22N2O3/c1-3-23-17-10-14(6-9-16(17)22-2)12-20-18(21)15-7-4-13(11-19)5-8-15/h4-10H,3,11-12,19H2,1-2H3,(H,20,21). The third-order valence-electron chi connectivity index (χ3n) is 3.43. The topological polar surface area (TPSA) is 73.6 Å². The fraction of sp³-hybridized carbons (Fsp3) is 0.278. The highest BCUT2D eigenvalue weighted by Crippen LogP contribution is 2.28. The van der Waals surface area contributed by atoms with Crippen molar-refractivity contribution in [1.82, 2.24) is 5.32 Å². The van der Waals surface area contributed by atoms with Crippen LogP contribution < -0.4 is 20.5 Å². The van der Waals surface area contributed by atoms with Crippen LogP contribution in [-0.2, 0) is 13.1 Å². The summed E-state index contributed by atoms with van der Waals surface area (Å²) in [4.78, 5) is 12.2. The van der Waals surface area contributed by atoms with Crippen molar-refractivity contribution in [3.8, 4) is 11.5 Å². The predicted octanol–water partition coefficient (Wildman–Crippen LogP) is 2.48. The van der Waals surface area contributed by atoms with E-state index in [1.807, 2.05) is 37.3 Å². The Morgan fingerprint density at radius 3 is 2.39 bits per heavy atom. The lowest BCUT2D eigenvalue weighted by molar-refractivity contribution is 0.0951. The molecular weight excluding hydrogens is 292 g/mol. The van der Waals surface area contributed by atoms with E-state index in [-0.39, 0.29) is 5.91 Å². The van der Waals surface area contributed by atoms with E-state index in [1.165, 1.54) is 0 Å². The van der Waals surface area contributed by atoms with E-state index in [0.717, 1.165) is 11.1 Å². The number of hydrogen-bond acceptors (Lipinski definition) is 4. The molecule has 0 saturated carbocycles. The van der Waals surface area contributed by atoms with Gasteiger partial charge in [0, 0.05) is 18.7 Å². The molecule has 1 amide bonds. The van der Waals surface area contributed by atoms with Crippen LogP contribution in [0.3, 0.4) is 0 Å². The lowest BCUT2D eigenvalue weighted by Gasteiger charge is -2.12. The van der Waals surface area contributed by atoms with Crippen molar-refractivity contribution in [2.75, 3.05) is 13.7 Å². The number of amides is 1. The van der Waals surface area contributed by atoms with Crippen molar-refractivity contribution in [2.24, 2.45) is 5.73 Å². The first-order valence-electron chi connectivity index (χ1n) is 7.54. The van der Waals surface area contributed by atoms with Gasteiger partial charge in [-0.15, -0.1) is 0 Å². The maximum atomic E-state index is 12.2. The van der Waals surface area contributed by atoms with Crippen LogP contribution >= 0.6 is 0 Å². The normalized spacial score (nSPS) is 10.2. The van der Waals surface area contributed by atoms with Gasteiger partial charge in [-0.05, 0) is 42.3 Å². The van der Waals surface area contributed by atoms with Gasteiger partial charge in [0.1, 0.15) is 0 Å². The summed E-state index contributed by atoms with van der Waals surface area (Å²) in [5.74, 6) is 1.23. The van der Waals surface area contributed by atoms with Gasteiger partial charge in [0.2, 0.25) is 0 Å². The zero-order chi connectivity index (χ0) is 16.7. The summed E-state index contributed by atoms with van der Waals surface area (Å²) in [6, 6.07) is 12.9. The Morgan fingerprint density at radius 1 is 1.09 bits per heavy atom. The van der Waals surface area contributed by atoms with Crippen molar-refractivity contribution in [1.29, 1.82) is 0 Å². The average Bonchev–Trinajstić information content (AvgIpc) is 2.60. The summed E-state index contributed by atoms with van der Waals surface area (Å²) >= 11 is 0. The van der Waals surface area contributed by atoms with Crippen LogP contribution in [0.4, 0.5) is 0 Å². The molecule has 2 aromatic carbocycles. The molecule has 23 heavy (non-hydrogen) atoms. The summed E-state index contributed by atoms with van der Waals surface area (Å²) in [5.41, 5.74) is 8.11. The highest BCUT2D eigenvalue weighted by Gasteiger charge is 2.08. The first kappa shape index (κ1) is 16.8. The number of nitrogens with one attached hydrogen (secondary N) is 1. The molecule has 3 N–H and O–H groups in total. The number of carbonyl (C=O) groups excluding carboxylic acids is 1. The Morgan fingerprint density at radius 2 is 1.78 bits per heavy atom. The second kappa shape index (κ2) is 8.19. The van der Waals surface area contributed by atoms with Crippen molar-refractivity contribution in [3.63, 3.8) is 0 Å². The molecular formula is C18H22N2O3. The molecule has 2 rings (SSSR count). The van der Waals surface area contributed by atoms with Crippen LogP contribution in [0.1, 0.15) is 28.4 Å². The van der Waals surface area contributed by atoms with Crippen LogP contribution in [0.25, 0.3) is 0 Å². The highest BCUT2D eigenvalue weighted by atomic mass is 16.5. The van der Waals surface area contributed by atoms with Crippen LogP contribution in [0.5, 0.6) is 11.5 Å². The number of rotatable bonds is 7. The third-order valence-corrected chi connectivity index (χ3v) is 3.43. The number of methoxy groups -OCH3 is 1.